The summed E-state index contributed by atoms with van der Waals surface area (Å²) in [5.41, 5.74) is 3.27. The van der Waals surface area contributed by atoms with Gasteiger partial charge in [-0.3, -0.25) is 9.59 Å². The summed E-state index contributed by atoms with van der Waals surface area (Å²) in [6.07, 6.45) is 3.29. The van der Waals surface area contributed by atoms with Gasteiger partial charge in [-0.15, -0.1) is 0 Å². The molecule has 0 saturated carbocycles. The van der Waals surface area contributed by atoms with Gasteiger partial charge in [-0.1, -0.05) is 24.3 Å². The first-order valence-electron chi connectivity index (χ1n) is 10.3. The number of rotatable bonds is 3. The van der Waals surface area contributed by atoms with Gasteiger partial charge in [-0.2, -0.15) is 0 Å². The van der Waals surface area contributed by atoms with Gasteiger partial charge >= 0.3 is 0 Å². The number of nitrogens with one attached hydrogen (secondary N) is 1. The van der Waals surface area contributed by atoms with Crippen LogP contribution in [-0.2, 0) is 16.0 Å². The standard InChI is InChI=1S/C23H24N2O4/c26-22-12-16(14-25(22)17-8-9-20-21(13-17)29-11-10-28-20)23(27)24-19-7-3-5-15-4-1-2-6-18(15)19/h1-2,4,6,8-9,13,16,19H,3,5,7,10-12,14H2,(H,24,27)/t16-,19-/m0/s1. The van der Waals surface area contributed by atoms with E-state index in [-0.39, 0.29) is 30.2 Å². The van der Waals surface area contributed by atoms with Crippen LogP contribution in [0.4, 0.5) is 5.69 Å². The number of ether oxygens (including phenoxy) is 2. The molecule has 2 amide bonds. The molecule has 1 aliphatic carbocycles. The van der Waals surface area contributed by atoms with Gasteiger partial charge in [0.05, 0.1) is 12.0 Å². The second kappa shape index (κ2) is 7.43. The van der Waals surface area contributed by atoms with Crippen LogP contribution in [0.25, 0.3) is 0 Å². The molecule has 0 unspecified atom stereocenters. The monoisotopic (exact) mass is 392 g/mol. The zero-order chi connectivity index (χ0) is 19.8. The number of amides is 2. The first-order valence-corrected chi connectivity index (χ1v) is 10.3. The highest BCUT2D eigenvalue weighted by Crippen LogP contribution is 2.36. The van der Waals surface area contributed by atoms with Crippen molar-refractivity contribution in [1.29, 1.82) is 0 Å². The molecule has 29 heavy (non-hydrogen) atoms. The summed E-state index contributed by atoms with van der Waals surface area (Å²) in [5, 5.41) is 3.20. The fourth-order valence-corrected chi connectivity index (χ4v) is 4.53. The third-order valence-electron chi connectivity index (χ3n) is 6.02. The van der Waals surface area contributed by atoms with Gasteiger partial charge in [0, 0.05) is 24.7 Å². The van der Waals surface area contributed by atoms with Gasteiger partial charge in [0.15, 0.2) is 11.5 Å². The van der Waals surface area contributed by atoms with Crippen molar-refractivity contribution >= 4 is 17.5 Å². The number of benzene rings is 2. The Morgan fingerprint density at radius 2 is 1.90 bits per heavy atom. The Bertz CT molecular complexity index is 958. The largest absolute Gasteiger partial charge is 0.486 e. The summed E-state index contributed by atoms with van der Waals surface area (Å²) < 4.78 is 11.2. The number of fused-ring (bicyclic) bond motifs is 2. The minimum absolute atomic E-state index is 0.0332. The highest BCUT2D eigenvalue weighted by atomic mass is 16.6. The average Bonchev–Trinajstić information content (AvgIpc) is 3.15. The molecule has 2 heterocycles. The second-order valence-electron chi connectivity index (χ2n) is 7.89. The van der Waals surface area contributed by atoms with Crippen LogP contribution >= 0.6 is 0 Å². The number of nitrogens with zero attached hydrogens (tertiary/aromatic N) is 1. The van der Waals surface area contributed by atoms with Crippen molar-refractivity contribution < 1.29 is 19.1 Å². The normalized spacial score (nSPS) is 22.9. The number of carbonyl (C=O) groups is 2. The van der Waals surface area contributed by atoms with Crippen molar-refractivity contribution in [2.45, 2.75) is 31.7 Å². The lowest BCUT2D eigenvalue weighted by Crippen LogP contribution is -2.36. The molecule has 1 N–H and O–H groups in total. The predicted molar refractivity (Wildman–Crippen MR) is 108 cm³/mol. The lowest BCUT2D eigenvalue weighted by Gasteiger charge is -2.27. The van der Waals surface area contributed by atoms with E-state index in [1.807, 2.05) is 30.3 Å². The summed E-state index contributed by atoms with van der Waals surface area (Å²) in [7, 11) is 0. The van der Waals surface area contributed by atoms with E-state index in [1.165, 1.54) is 11.1 Å². The van der Waals surface area contributed by atoms with E-state index in [9.17, 15) is 9.59 Å². The molecular formula is C23H24N2O4. The van der Waals surface area contributed by atoms with Crippen LogP contribution < -0.4 is 19.7 Å². The highest BCUT2D eigenvalue weighted by molar-refractivity contribution is 6.00. The van der Waals surface area contributed by atoms with Crippen LogP contribution in [0.5, 0.6) is 11.5 Å². The van der Waals surface area contributed by atoms with E-state index < -0.39 is 0 Å². The van der Waals surface area contributed by atoms with Gasteiger partial charge in [-0.05, 0) is 42.5 Å². The molecule has 2 atom stereocenters. The molecule has 0 aromatic heterocycles. The van der Waals surface area contributed by atoms with Gasteiger partial charge in [0.2, 0.25) is 11.8 Å². The lowest BCUT2D eigenvalue weighted by molar-refractivity contribution is -0.127. The minimum atomic E-state index is -0.343. The third-order valence-corrected chi connectivity index (χ3v) is 6.02. The Morgan fingerprint density at radius 1 is 1.07 bits per heavy atom. The molecule has 0 radical (unpaired) electrons. The summed E-state index contributed by atoms with van der Waals surface area (Å²) >= 11 is 0. The summed E-state index contributed by atoms with van der Waals surface area (Å²) in [5.74, 6) is 0.918. The number of aryl methyl sites for hydroxylation is 1. The summed E-state index contributed by atoms with van der Waals surface area (Å²) in [6, 6.07) is 13.8. The average molecular weight is 392 g/mol. The first-order chi connectivity index (χ1) is 14.2. The molecule has 6 nitrogen and oxygen atoms in total. The molecule has 150 valence electrons. The Labute approximate surface area is 169 Å². The summed E-state index contributed by atoms with van der Waals surface area (Å²) in [6.45, 7) is 1.42. The van der Waals surface area contributed by atoms with Crippen molar-refractivity contribution in [1.82, 2.24) is 5.32 Å². The fourth-order valence-electron chi connectivity index (χ4n) is 4.53. The maximum atomic E-state index is 12.9. The van der Waals surface area contributed by atoms with Crippen LogP contribution in [0.2, 0.25) is 0 Å². The van der Waals surface area contributed by atoms with Gasteiger partial charge in [0.25, 0.3) is 0 Å². The Balaban J connectivity index is 1.29. The van der Waals surface area contributed by atoms with E-state index in [2.05, 4.69) is 17.4 Å². The maximum Gasteiger partial charge on any atom is 0.227 e. The molecule has 1 fully saturated rings. The molecule has 5 rings (SSSR count). The summed E-state index contributed by atoms with van der Waals surface area (Å²) in [4.78, 5) is 27.2. The SMILES string of the molecule is O=C(N[C@H]1CCCc2ccccc21)[C@H]1CC(=O)N(c2ccc3c(c2)OCCO3)C1. The predicted octanol–water partition coefficient (Wildman–Crippen LogP) is 3.00. The van der Waals surface area contributed by atoms with E-state index in [0.29, 0.717) is 31.3 Å². The molecule has 2 aliphatic heterocycles. The van der Waals surface area contributed by atoms with E-state index in [0.717, 1.165) is 24.9 Å². The van der Waals surface area contributed by atoms with Crippen molar-refractivity contribution in [2.75, 3.05) is 24.7 Å². The molecule has 2 aromatic carbocycles. The smallest absolute Gasteiger partial charge is 0.227 e. The van der Waals surface area contributed by atoms with E-state index >= 15 is 0 Å². The fraction of sp³-hybridized carbons (Fsp3) is 0.391. The van der Waals surface area contributed by atoms with Crippen molar-refractivity contribution in [3.8, 4) is 11.5 Å². The van der Waals surface area contributed by atoms with Crippen LogP contribution in [0.1, 0.15) is 36.4 Å². The molecule has 1 saturated heterocycles. The number of anilines is 1. The van der Waals surface area contributed by atoms with Gasteiger partial charge < -0.3 is 19.7 Å². The lowest BCUT2D eigenvalue weighted by atomic mass is 9.87. The number of hydrogen-bond donors (Lipinski definition) is 1. The van der Waals surface area contributed by atoms with E-state index in [4.69, 9.17) is 9.47 Å². The topological polar surface area (TPSA) is 67.9 Å². The van der Waals surface area contributed by atoms with Crippen LogP contribution in [0, 0.1) is 5.92 Å². The number of hydrogen-bond acceptors (Lipinski definition) is 4. The van der Waals surface area contributed by atoms with Crippen molar-refractivity contribution in [3.05, 3.63) is 53.6 Å². The zero-order valence-corrected chi connectivity index (χ0v) is 16.2. The molecule has 2 aromatic rings. The van der Waals surface area contributed by atoms with Gasteiger partial charge in [-0.25, -0.2) is 0 Å². The maximum absolute atomic E-state index is 12.9. The number of carbonyl (C=O) groups excluding carboxylic acids is 2. The first kappa shape index (κ1) is 18.0. The zero-order valence-electron chi connectivity index (χ0n) is 16.2. The quantitative estimate of drug-likeness (QED) is 0.872. The van der Waals surface area contributed by atoms with Crippen molar-refractivity contribution in [3.63, 3.8) is 0 Å². The van der Waals surface area contributed by atoms with Crippen LogP contribution in [-0.4, -0.2) is 31.6 Å². The van der Waals surface area contributed by atoms with Gasteiger partial charge in [0.1, 0.15) is 13.2 Å². The molecular weight excluding hydrogens is 368 g/mol. The van der Waals surface area contributed by atoms with Crippen LogP contribution in [0.15, 0.2) is 42.5 Å². The van der Waals surface area contributed by atoms with Crippen LogP contribution in [0.3, 0.4) is 0 Å². The molecule has 0 bridgehead atoms. The molecule has 0 spiro atoms. The Morgan fingerprint density at radius 3 is 2.79 bits per heavy atom. The minimum Gasteiger partial charge on any atom is -0.486 e. The Kier molecular flexibility index (Phi) is 4.62. The van der Waals surface area contributed by atoms with E-state index in [1.54, 1.807) is 4.90 Å². The Hall–Kier alpha value is -3.02. The second-order valence-corrected chi connectivity index (χ2v) is 7.89. The van der Waals surface area contributed by atoms with Crippen molar-refractivity contribution in [2.24, 2.45) is 5.92 Å². The molecule has 6 heteroatoms. The highest BCUT2D eigenvalue weighted by Gasteiger charge is 2.36. The third kappa shape index (κ3) is 3.43. The molecule has 3 aliphatic rings.